The fourth-order valence-electron chi connectivity index (χ4n) is 1.55. The van der Waals surface area contributed by atoms with Crippen molar-refractivity contribution in [2.45, 2.75) is 46.0 Å². The minimum Gasteiger partial charge on any atom is -0.0840 e. The van der Waals surface area contributed by atoms with Crippen LogP contribution in [-0.2, 0) is 0 Å². The SMILES string of the molecule is CCCCC1=C(C)C=CCC1. The molecule has 0 nitrogen and oxygen atoms in total. The van der Waals surface area contributed by atoms with E-state index < -0.39 is 0 Å². The standard InChI is InChI=1S/C11H18/c1-3-4-8-11-9-6-5-7-10(11)2/h5,7H,3-4,6,8-9H2,1-2H3. The van der Waals surface area contributed by atoms with E-state index in [0.717, 1.165) is 0 Å². The Labute approximate surface area is 70.0 Å². The van der Waals surface area contributed by atoms with Gasteiger partial charge in [-0.2, -0.15) is 0 Å². The van der Waals surface area contributed by atoms with Crippen LogP contribution in [0.15, 0.2) is 23.3 Å². The fraction of sp³-hybridized carbons (Fsp3) is 0.636. The van der Waals surface area contributed by atoms with Gasteiger partial charge in [0.25, 0.3) is 0 Å². The first kappa shape index (κ1) is 8.58. The lowest BCUT2D eigenvalue weighted by atomic mass is 9.94. The molecule has 0 fully saturated rings. The first-order valence-corrected chi connectivity index (χ1v) is 4.69. The highest BCUT2D eigenvalue weighted by atomic mass is 14.1. The van der Waals surface area contributed by atoms with E-state index in [-0.39, 0.29) is 0 Å². The maximum absolute atomic E-state index is 2.28. The molecule has 1 rings (SSSR count). The summed E-state index contributed by atoms with van der Waals surface area (Å²) < 4.78 is 0. The van der Waals surface area contributed by atoms with E-state index in [1.54, 1.807) is 5.57 Å². The van der Waals surface area contributed by atoms with Crippen molar-refractivity contribution >= 4 is 0 Å². The summed E-state index contributed by atoms with van der Waals surface area (Å²) in [6.45, 7) is 4.50. The first-order valence-electron chi connectivity index (χ1n) is 4.69. The maximum atomic E-state index is 2.28. The predicted octanol–water partition coefficient (Wildman–Crippen LogP) is 3.84. The maximum Gasteiger partial charge on any atom is -0.0280 e. The van der Waals surface area contributed by atoms with Crippen LogP contribution in [0.1, 0.15) is 46.0 Å². The number of unbranched alkanes of at least 4 members (excludes halogenated alkanes) is 1. The molecular formula is C11H18. The van der Waals surface area contributed by atoms with Gasteiger partial charge in [-0.25, -0.2) is 0 Å². The van der Waals surface area contributed by atoms with Gasteiger partial charge in [0.2, 0.25) is 0 Å². The summed E-state index contributed by atoms with van der Waals surface area (Å²) in [5, 5.41) is 0. The number of hydrogen-bond donors (Lipinski definition) is 0. The number of rotatable bonds is 3. The van der Waals surface area contributed by atoms with Gasteiger partial charge in [-0.15, -0.1) is 0 Å². The van der Waals surface area contributed by atoms with Crippen LogP contribution in [0.3, 0.4) is 0 Å². The minimum absolute atomic E-state index is 1.26. The van der Waals surface area contributed by atoms with Crippen molar-refractivity contribution in [3.63, 3.8) is 0 Å². The van der Waals surface area contributed by atoms with Crippen molar-refractivity contribution in [3.8, 4) is 0 Å². The van der Waals surface area contributed by atoms with E-state index in [1.165, 1.54) is 37.7 Å². The van der Waals surface area contributed by atoms with Crippen LogP contribution in [0.5, 0.6) is 0 Å². The summed E-state index contributed by atoms with van der Waals surface area (Å²) in [6, 6.07) is 0. The second-order valence-electron chi connectivity index (χ2n) is 3.33. The molecule has 0 radical (unpaired) electrons. The summed E-state index contributed by atoms with van der Waals surface area (Å²) in [7, 11) is 0. The summed E-state index contributed by atoms with van der Waals surface area (Å²) >= 11 is 0. The molecule has 0 aromatic carbocycles. The molecule has 0 aliphatic heterocycles. The molecule has 1 aliphatic carbocycles. The quantitative estimate of drug-likeness (QED) is 0.573. The average molecular weight is 150 g/mol. The van der Waals surface area contributed by atoms with Gasteiger partial charge in [-0.3, -0.25) is 0 Å². The minimum atomic E-state index is 1.26. The normalized spacial score (nSPS) is 17.6. The molecule has 0 unspecified atom stereocenters. The third-order valence-corrected chi connectivity index (χ3v) is 2.37. The van der Waals surface area contributed by atoms with Crippen LogP contribution < -0.4 is 0 Å². The second-order valence-corrected chi connectivity index (χ2v) is 3.33. The molecule has 0 N–H and O–H groups in total. The highest BCUT2D eigenvalue weighted by Crippen LogP contribution is 2.22. The van der Waals surface area contributed by atoms with Crippen molar-refractivity contribution in [2.24, 2.45) is 0 Å². The van der Waals surface area contributed by atoms with Gasteiger partial charge in [-0.05, 0) is 32.6 Å². The summed E-state index contributed by atoms with van der Waals surface area (Å²) in [5.74, 6) is 0. The molecule has 0 heterocycles. The zero-order valence-corrected chi connectivity index (χ0v) is 7.69. The lowest BCUT2D eigenvalue weighted by molar-refractivity contribution is 0.742. The third kappa shape index (κ3) is 2.53. The summed E-state index contributed by atoms with van der Waals surface area (Å²) in [6.07, 6.45) is 11.1. The monoisotopic (exact) mass is 150 g/mol. The lowest BCUT2D eigenvalue weighted by Gasteiger charge is -2.12. The molecule has 0 aromatic heterocycles. The van der Waals surface area contributed by atoms with Gasteiger partial charge in [0, 0.05) is 0 Å². The molecule has 0 heteroatoms. The highest BCUT2D eigenvalue weighted by Gasteiger charge is 2.02. The Morgan fingerprint density at radius 1 is 1.45 bits per heavy atom. The highest BCUT2D eigenvalue weighted by molar-refractivity contribution is 5.27. The van der Waals surface area contributed by atoms with Crippen molar-refractivity contribution < 1.29 is 0 Å². The Bertz CT molecular complexity index is 172. The van der Waals surface area contributed by atoms with Crippen molar-refractivity contribution in [3.05, 3.63) is 23.3 Å². The van der Waals surface area contributed by atoms with Gasteiger partial charge in [-0.1, -0.05) is 36.6 Å². The van der Waals surface area contributed by atoms with Gasteiger partial charge < -0.3 is 0 Å². The Kier molecular flexibility index (Phi) is 3.41. The van der Waals surface area contributed by atoms with Crippen LogP contribution in [0.4, 0.5) is 0 Å². The Morgan fingerprint density at radius 2 is 2.27 bits per heavy atom. The van der Waals surface area contributed by atoms with Crippen LogP contribution in [0.25, 0.3) is 0 Å². The Balaban J connectivity index is 2.46. The molecule has 0 amide bonds. The van der Waals surface area contributed by atoms with Crippen LogP contribution in [0, 0.1) is 0 Å². The van der Waals surface area contributed by atoms with Gasteiger partial charge in [0.15, 0.2) is 0 Å². The van der Waals surface area contributed by atoms with Crippen LogP contribution in [0.2, 0.25) is 0 Å². The van der Waals surface area contributed by atoms with Crippen LogP contribution in [-0.4, -0.2) is 0 Å². The molecule has 1 aliphatic rings. The lowest BCUT2D eigenvalue weighted by Crippen LogP contribution is -1.92. The zero-order valence-electron chi connectivity index (χ0n) is 7.69. The van der Waals surface area contributed by atoms with Gasteiger partial charge in [0.1, 0.15) is 0 Å². The van der Waals surface area contributed by atoms with Crippen molar-refractivity contribution in [1.82, 2.24) is 0 Å². The first-order chi connectivity index (χ1) is 5.34. The van der Waals surface area contributed by atoms with Crippen molar-refractivity contribution in [1.29, 1.82) is 0 Å². The third-order valence-electron chi connectivity index (χ3n) is 2.37. The van der Waals surface area contributed by atoms with Crippen LogP contribution >= 0.6 is 0 Å². The fourth-order valence-corrected chi connectivity index (χ4v) is 1.55. The molecule has 0 spiro atoms. The van der Waals surface area contributed by atoms with Gasteiger partial charge >= 0.3 is 0 Å². The Morgan fingerprint density at radius 3 is 2.91 bits per heavy atom. The van der Waals surface area contributed by atoms with Gasteiger partial charge in [0.05, 0.1) is 0 Å². The molecule has 0 bridgehead atoms. The van der Waals surface area contributed by atoms with E-state index >= 15 is 0 Å². The Hall–Kier alpha value is -0.520. The van der Waals surface area contributed by atoms with E-state index in [2.05, 4.69) is 26.0 Å². The number of allylic oxidation sites excluding steroid dienone is 4. The summed E-state index contributed by atoms with van der Waals surface area (Å²) in [5.41, 5.74) is 3.21. The molecule has 0 saturated heterocycles. The van der Waals surface area contributed by atoms with E-state index in [4.69, 9.17) is 0 Å². The predicted molar refractivity (Wildman–Crippen MR) is 50.6 cm³/mol. The molecule has 62 valence electrons. The topological polar surface area (TPSA) is 0 Å². The molecule has 0 atom stereocenters. The molecular weight excluding hydrogens is 132 g/mol. The van der Waals surface area contributed by atoms with E-state index in [0.29, 0.717) is 0 Å². The molecule has 0 aromatic rings. The average Bonchev–Trinajstić information content (AvgIpc) is 2.03. The number of hydrogen-bond acceptors (Lipinski definition) is 0. The molecule has 0 saturated carbocycles. The molecule has 11 heavy (non-hydrogen) atoms. The van der Waals surface area contributed by atoms with E-state index in [9.17, 15) is 0 Å². The summed E-state index contributed by atoms with van der Waals surface area (Å²) in [4.78, 5) is 0. The largest absolute Gasteiger partial charge is 0.0840 e. The zero-order chi connectivity index (χ0) is 8.10. The van der Waals surface area contributed by atoms with E-state index in [1.807, 2.05) is 0 Å². The van der Waals surface area contributed by atoms with Crippen molar-refractivity contribution in [2.75, 3.05) is 0 Å². The second kappa shape index (κ2) is 4.38. The smallest absolute Gasteiger partial charge is 0.0280 e.